The van der Waals surface area contributed by atoms with Gasteiger partial charge in [0.05, 0.1) is 5.69 Å². The van der Waals surface area contributed by atoms with E-state index in [2.05, 4.69) is 20.6 Å². The van der Waals surface area contributed by atoms with Gasteiger partial charge >= 0.3 is 6.18 Å². The molecule has 0 fully saturated rings. The highest BCUT2D eigenvalue weighted by molar-refractivity contribution is 5.93. The second-order valence-corrected chi connectivity index (χ2v) is 7.13. The Morgan fingerprint density at radius 2 is 1.74 bits per heavy atom. The fourth-order valence-electron chi connectivity index (χ4n) is 3.09. The highest BCUT2D eigenvalue weighted by Gasteiger charge is 2.42. The summed E-state index contributed by atoms with van der Waals surface area (Å²) in [6, 6.07) is 16.8. The molecule has 1 amide bonds. The lowest BCUT2D eigenvalue weighted by Gasteiger charge is -2.11. The third-order valence-electron chi connectivity index (χ3n) is 4.71. The fourth-order valence-corrected chi connectivity index (χ4v) is 3.09. The summed E-state index contributed by atoms with van der Waals surface area (Å²) in [5.74, 6) is -1.39. The molecular weight excluding hydrogens is 454 g/mol. The number of amides is 1. The Bertz CT molecular complexity index is 1270. The molecule has 4 aromatic rings. The van der Waals surface area contributed by atoms with E-state index < -0.39 is 29.3 Å². The molecule has 0 saturated heterocycles. The highest BCUT2D eigenvalue weighted by Crippen LogP contribution is 2.32. The van der Waals surface area contributed by atoms with E-state index in [0.717, 1.165) is 29.8 Å². The van der Waals surface area contributed by atoms with Crippen LogP contribution in [-0.2, 0) is 19.3 Å². The number of aromatic nitrogens is 4. The average molecular weight is 471 g/mol. The van der Waals surface area contributed by atoms with Crippen LogP contribution in [-0.4, -0.2) is 25.9 Å². The van der Waals surface area contributed by atoms with Crippen LogP contribution in [0.15, 0.2) is 72.9 Å². The van der Waals surface area contributed by atoms with Crippen LogP contribution < -0.4 is 10.1 Å². The van der Waals surface area contributed by atoms with Gasteiger partial charge in [-0.3, -0.25) is 4.79 Å². The predicted molar refractivity (Wildman–Crippen MR) is 113 cm³/mol. The van der Waals surface area contributed by atoms with Crippen LogP contribution in [0.25, 0.3) is 5.69 Å². The largest absolute Gasteiger partial charge is 0.473 e. The Labute approximate surface area is 191 Å². The third-order valence-corrected chi connectivity index (χ3v) is 4.71. The normalized spacial score (nSPS) is 11.3. The molecule has 2 aromatic heterocycles. The maximum Gasteiger partial charge on any atom is 0.435 e. The summed E-state index contributed by atoms with van der Waals surface area (Å²) in [6.07, 6.45) is -3.46. The molecule has 0 atom stereocenters. The first kappa shape index (κ1) is 22.9. The number of carbonyl (C=O) groups excluding carboxylic acids is 1. The maximum atomic E-state index is 13.7. The summed E-state index contributed by atoms with van der Waals surface area (Å²) in [5, 5.41) is 9.29. The van der Waals surface area contributed by atoms with Crippen molar-refractivity contribution in [2.75, 3.05) is 0 Å². The highest BCUT2D eigenvalue weighted by atomic mass is 19.4. The molecule has 2 heterocycles. The van der Waals surface area contributed by atoms with Crippen LogP contribution in [0.1, 0.15) is 27.3 Å². The lowest BCUT2D eigenvalue weighted by Crippen LogP contribution is -2.27. The molecule has 0 aliphatic heterocycles. The summed E-state index contributed by atoms with van der Waals surface area (Å²) in [5.41, 5.74) is -0.850. The minimum atomic E-state index is -4.93. The minimum Gasteiger partial charge on any atom is -0.473 e. The van der Waals surface area contributed by atoms with Gasteiger partial charge in [0.15, 0.2) is 11.4 Å². The van der Waals surface area contributed by atoms with Gasteiger partial charge in [-0.05, 0) is 41.5 Å². The van der Waals surface area contributed by atoms with E-state index in [1.165, 1.54) is 6.20 Å². The molecule has 1 N–H and O–H groups in total. The van der Waals surface area contributed by atoms with Crippen molar-refractivity contribution < 1.29 is 27.1 Å². The van der Waals surface area contributed by atoms with Crippen LogP contribution in [0, 0.1) is 5.82 Å². The van der Waals surface area contributed by atoms with Crippen molar-refractivity contribution in [3.05, 3.63) is 101 Å². The zero-order chi connectivity index (χ0) is 24.1. The number of halogens is 4. The van der Waals surface area contributed by atoms with E-state index in [9.17, 15) is 22.4 Å². The molecule has 0 spiro atoms. The molecule has 0 unspecified atom stereocenters. The van der Waals surface area contributed by atoms with Crippen molar-refractivity contribution in [2.24, 2.45) is 0 Å². The summed E-state index contributed by atoms with van der Waals surface area (Å²) in [6.45, 7) is 0.189. The second-order valence-electron chi connectivity index (χ2n) is 7.13. The molecule has 2 aromatic carbocycles. The number of carbonyl (C=O) groups is 1. The Morgan fingerprint density at radius 1 is 1.00 bits per heavy atom. The van der Waals surface area contributed by atoms with Crippen LogP contribution in [0.2, 0.25) is 0 Å². The van der Waals surface area contributed by atoms with Gasteiger partial charge in [0.2, 0.25) is 5.88 Å². The van der Waals surface area contributed by atoms with E-state index in [-0.39, 0.29) is 18.8 Å². The number of rotatable bonds is 7. The molecule has 0 aliphatic rings. The number of hydrogen-bond acceptors (Lipinski definition) is 5. The molecule has 0 radical (unpaired) electrons. The first-order valence-corrected chi connectivity index (χ1v) is 10.00. The van der Waals surface area contributed by atoms with Gasteiger partial charge in [0.1, 0.15) is 12.4 Å². The molecule has 11 heteroatoms. The summed E-state index contributed by atoms with van der Waals surface area (Å²) in [7, 11) is 0. The summed E-state index contributed by atoms with van der Waals surface area (Å²) in [4.78, 5) is 16.6. The van der Waals surface area contributed by atoms with Crippen LogP contribution in [0.4, 0.5) is 17.6 Å². The SMILES string of the molecule is O=C(NCc1ccnc(OCc2ccccc2)c1)c1nnn(-c2ccc(F)cc2)c1C(F)(F)F. The van der Waals surface area contributed by atoms with Crippen molar-refractivity contribution in [3.8, 4) is 11.6 Å². The Hall–Kier alpha value is -4.28. The van der Waals surface area contributed by atoms with Crippen molar-refractivity contribution >= 4 is 5.91 Å². The molecule has 7 nitrogen and oxygen atoms in total. The summed E-state index contributed by atoms with van der Waals surface area (Å²) < 4.78 is 60.4. The lowest BCUT2D eigenvalue weighted by atomic mass is 10.2. The molecule has 4 rings (SSSR count). The van der Waals surface area contributed by atoms with Gasteiger partial charge in [-0.2, -0.15) is 13.2 Å². The number of nitrogens with zero attached hydrogens (tertiary/aromatic N) is 4. The maximum absolute atomic E-state index is 13.7. The van der Waals surface area contributed by atoms with Gasteiger partial charge in [0, 0.05) is 18.8 Å². The third kappa shape index (κ3) is 5.37. The van der Waals surface area contributed by atoms with Gasteiger partial charge in [-0.15, -0.1) is 5.10 Å². The molecule has 0 saturated carbocycles. The first-order chi connectivity index (χ1) is 16.3. The predicted octanol–water partition coefficient (Wildman–Crippen LogP) is 4.33. The molecule has 174 valence electrons. The van der Waals surface area contributed by atoms with Gasteiger partial charge in [-0.1, -0.05) is 35.5 Å². The van der Waals surface area contributed by atoms with Crippen molar-refractivity contribution in [1.29, 1.82) is 0 Å². The zero-order valence-corrected chi connectivity index (χ0v) is 17.5. The van der Waals surface area contributed by atoms with Gasteiger partial charge in [0.25, 0.3) is 5.91 Å². The Morgan fingerprint density at radius 3 is 2.44 bits per heavy atom. The Kier molecular flexibility index (Phi) is 6.53. The fraction of sp³-hybridized carbons (Fsp3) is 0.130. The van der Waals surface area contributed by atoms with E-state index >= 15 is 0 Å². The monoisotopic (exact) mass is 471 g/mol. The number of nitrogens with one attached hydrogen (secondary N) is 1. The quantitative estimate of drug-likeness (QED) is 0.406. The lowest BCUT2D eigenvalue weighted by molar-refractivity contribution is -0.143. The summed E-state index contributed by atoms with van der Waals surface area (Å²) >= 11 is 0. The van der Waals surface area contributed by atoms with Crippen molar-refractivity contribution in [1.82, 2.24) is 25.3 Å². The standard InChI is InChI=1S/C23H17F4N5O2/c24-17-6-8-18(9-7-17)32-21(23(25,26)27)20(30-31-32)22(33)29-13-16-10-11-28-19(12-16)34-14-15-4-2-1-3-5-15/h1-12H,13-14H2,(H,29,33). The van der Waals surface area contributed by atoms with Gasteiger partial charge < -0.3 is 10.1 Å². The van der Waals surface area contributed by atoms with E-state index in [4.69, 9.17) is 4.74 Å². The number of ether oxygens (including phenoxy) is 1. The Balaban J connectivity index is 1.47. The number of alkyl halides is 3. The van der Waals surface area contributed by atoms with Crippen molar-refractivity contribution in [3.63, 3.8) is 0 Å². The molecule has 34 heavy (non-hydrogen) atoms. The average Bonchev–Trinajstić information content (AvgIpc) is 3.29. The van der Waals surface area contributed by atoms with E-state index in [0.29, 0.717) is 16.1 Å². The van der Waals surface area contributed by atoms with E-state index in [1.54, 1.807) is 12.1 Å². The molecule has 0 aliphatic carbocycles. The van der Waals surface area contributed by atoms with Crippen molar-refractivity contribution in [2.45, 2.75) is 19.3 Å². The number of pyridine rings is 1. The zero-order valence-electron chi connectivity index (χ0n) is 17.5. The van der Waals surface area contributed by atoms with E-state index in [1.807, 2.05) is 30.3 Å². The van der Waals surface area contributed by atoms with Gasteiger partial charge in [-0.25, -0.2) is 14.1 Å². The molecular formula is C23H17F4N5O2. The van der Waals surface area contributed by atoms with Crippen LogP contribution in [0.5, 0.6) is 5.88 Å². The van der Waals surface area contributed by atoms with Crippen LogP contribution in [0.3, 0.4) is 0 Å². The number of hydrogen-bond donors (Lipinski definition) is 1. The minimum absolute atomic E-state index is 0.0883. The van der Waals surface area contributed by atoms with Crippen LogP contribution >= 0.6 is 0 Å². The topological polar surface area (TPSA) is 81.9 Å². The first-order valence-electron chi connectivity index (χ1n) is 10.00. The second kappa shape index (κ2) is 9.69. The number of benzene rings is 2. The molecule has 0 bridgehead atoms. The smallest absolute Gasteiger partial charge is 0.435 e.